The van der Waals surface area contributed by atoms with Gasteiger partial charge in [-0.05, 0) is 25.0 Å². The molecule has 3 heterocycles. The number of benzene rings is 1. The second kappa shape index (κ2) is 8.29. The third-order valence-corrected chi connectivity index (χ3v) is 5.23. The van der Waals surface area contributed by atoms with Crippen molar-refractivity contribution >= 4 is 33.7 Å². The summed E-state index contributed by atoms with van der Waals surface area (Å²) in [5.74, 6) is -0.132. The normalized spacial score (nSPS) is 16.3. The summed E-state index contributed by atoms with van der Waals surface area (Å²) in [7, 11) is 0. The lowest BCUT2D eigenvalue weighted by atomic mass is 10.1. The smallest absolute Gasteiger partial charge is 0.315 e. The Hall–Kier alpha value is -3.09. The van der Waals surface area contributed by atoms with E-state index >= 15 is 0 Å². The monoisotopic (exact) mass is 379 g/mol. The van der Waals surface area contributed by atoms with Crippen molar-refractivity contribution in [3.8, 4) is 0 Å². The molecule has 1 aliphatic rings. The van der Waals surface area contributed by atoms with E-state index in [2.05, 4.69) is 25.9 Å². The number of nitrogens with zero attached hydrogens (tertiary/aromatic N) is 1. The maximum Gasteiger partial charge on any atom is 0.315 e. The van der Waals surface area contributed by atoms with Crippen molar-refractivity contribution in [1.29, 1.82) is 0 Å². The van der Waals surface area contributed by atoms with E-state index in [1.54, 1.807) is 6.20 Å². The van der Waals surface area contributed by atoms with Gasteiger partial charge in [-0.3, -0.25) is 4.79 Å². The van der Waals surface area contributed by atoms with Gasteiger partial charge in [0, 0.05) is 35.4 Å². The molecule has 2 aromatic heterocycles. The number of amides is 3. The fourth-order valence-electron chi connectivity index (χ4n) is 3.71. The Bertz CT molecular complexity index is 997. The molecule has 0 radical (unpaired) electrons. The van der Waals surface area contributed by atoms with E-state index in [1.165, 1.54) is 0 Å². The van der Waals surface area contributed by atoms with E-state index < -0.39 is 0 Å². The van der Waals surface area contributed by atoms with Gasteiger partial charge in [-0.15, -0.1) is 0 Å². The van der Waals surface area contributed by atoms with Crippen LogP contribution in [0.15, 0.2) is 36.5 Å². The lowest BCUT2D eigenvalue weighted by molar-refractivity contribution is 0.0948. The van der Waals surface area contributed by atoms with Gasteiger partial charge in [0.1, 0.15) is 5.69 Å². The molecule has 7 heteroatoms. The summed E-state index contributed by atoms with van der Waals surface area (Å²) in [4.78, 5) is 31.1. The minimum atomic E-state index is -0.132. The highest BCUT2D eigenvalue weighted by Gasteiger charge is 2.18. The number of rotatable bonds is 8. The van der Waals surface area contributed by atoms with Crippen LogP contribution in [0.4, 0.5) is 4.79 Å². The van der Waals surface area contributed by atoms with Crippen LogP contribution in [0.2, 0.25) is 0 Å². The first-order chi connectivity index (χ1) is 13.7. The van der Waals surface area contributed by atoms with Gasteiger partial charge in [-0.25, -0.2) is 9.78 Å². The zero-order valence-electron chi connectivity index (χ0n) is 15.8. The molecule has 1 aliphatic heterocycles. The lowest BCUT2D eigenvalue weighted by Gasteiger charge is -2.08. The van der Waals surface area contributed by atoms with Crippen molar-refractivity contribution in [2.45, 2.75) is 38.1 Å². The molecular weight excluding hydrogens is 354 g/mol. The van der Waals surface area contributed by atoms with Crippen molar-refractivity contribution in [2.24, 2.45) is 0 Å². The number of para-hydroxylation sites is 1. The molecule has 7 nitrogen and oxygen atoms in total. The summed E-state index contributed by atoms with van der Waals surface area (Å²) in [6.45, 7) is 1.37. The molecule has 1 unspecified atom stereocenters. The zero-order chi connectivity index (χ0) is 19.3. The molecule has 0 aliphatic carbocycles. The van der Waals surface area contributed by atoms with Crippen LogP contribution in [0.1, 0.15) is 42.6 Å². The van der Waals surface area contributed by atoms with Crippen LogP contribution >= 0.6 is 0 Å². The molecule has 3 aromatic rings. The standard InChI is InChI=1S/C21H25N5O2/c27-20(22-10-6-2-1-3-7-14-12-24-21(28)25-14)18-11-16-15-8-4-5-9-17(15)26-19(16)13-23-18/h4-5,8-9,11,13-14,26H,1-3,6-7,10,12H2,(H,22,27)(H2,24,25,28). The number of aromatic amines is 1. The Morgan fingerprint density at radius 1 is 1.11 bits per heavy atom. The summed E-state index contributed by atoms with van der Waals surface area (Å²) < 4.78 is 0. The molecule has 146 valence electrons. The fraction of sp³-hybridized carbons (Fsp3) is 0.381. The maximum absolute atomic E-state index is 12.4. The second-order valence-corrected chi connectivity index (χ2v) is 7.30. The average Bonchev–Trinajstić information content (AvgIpc) is 3.29. The number of hydrogen-bond acceptors (Lipinski definition) is 3. The largest absolute Gasteiger partial charge is 0.353 e. The van der Waals surface area contributed by atoms with Gasteiger partial charge >= 0.3 is 6.03 Å². The molecule has 0 saturated carbocycles. The van der Waals surface area contributed by atoms with Gasteiger partial charge in [-0.1, -0.05) is 37.5 Å². The molecule has 1 saturated heterocycles. The van der Waals surface area contributed by atoms with Crippen LogP contribution in [0.3, 0.4) is 0 Å². The Kier molecular flexibility index (Phi) is 5.41. The predicted molar refractivity (Wildman–Crippen MR) is 109 cm³/mol. The van der Waals surface area contributed by atoms with E-state index in [4.69, 9.17) is 0 Å². The van der Waals surface area contributed by atoms with Crippen molar-refractivity contribution < 1.29 is 9.59 Å². The minimum absolute atomic E-state index is 0.0628. The SMILES string of the molecule is O=C1NCC(CCCCCCNC(=O)c2cc3c(cn2)[nH]c2ccccc23)N1. The highest BCUT2D eigenvalue weighted by atomic mass is 16.2. The van der Waals surface area contributed by atoms with Crippen molar-refractivity contribution in [3.63, 3.8) is 0 Å². The van der Waals surface area contributed by atoms with E-state index in [-0.39, 0.29) is 18.0 Å². The van der Waals surface area contributed by atoms with Crippen LogP contribution in [0.25, 0.3) is 21.8 Å². The summed E-state index contributed by atoms with van der Waals surface area (Å²) in [5.41, 5.74) is 2.43. The number of carbonyl (C=O) groups is 2. The van der Waals surface area contributed by atoms with Gasteiger partial charge < -0.3 is 20.9 Å². The maximum atomic E-state index is 12.4. The average molecular weight is 379 g/mol. The third-order valence-electron chi connectivity index (χ3n) is 5.23. The molecule has 1 fully saturated rings. The number of nitrogens with one attached hydrogen (secondary N) is 4. The van der Waals surface area contributed by atoms with Crippen LogP contribution in [-0.4, -0.2) is 41.0 Å². The first-order valence-electron chi connectivity index (χ1n) is 9.90. The quantitative estimate of drug-likeness (QED) is 0.453. The second-order valence-electron chi connectivity index (χ2n) is 7.30. The Labute approximate surface area is 163 Å². The van der Waals surface area contributed by atoms with E-state index in [0.29, 0.717) is 12.2 Å². The van der Waals surface area contributed by atoms with E-state index in [0.717, 1.165) is 60.5 Å². The molecule has 0 bridgehead atoms. The molecule has 28 heavy (non-hydrogen) atoms. The number of H-pyrrole nitrogens is 1. The highest BCUT2D eigenvalue weighted by Crippen LogP contribution is 2.24. The van der Waals surface area contributed by atoms with Crippen molar-refractivity contribution in [1.82, 2.24) is 25.9 Å². The molecule has 4 rings (SSSR count). The van der Waals surface area contributed by atoms with E-state index in [9.17, 15) is 9.59 Å². The number of urea groups is 1. The van der Waals surface area contributed by atoms with Crippen LogP contribution in [-0.2, 0) is 0 Å². The van der Waals surface area contributed by atoms with Crippen LogP contribution < -0.4 is 16.0 Å². The number of aromatic nitrogens is 2. The molecule has 3 amide bonds. The topological polar surface area (TPSA) is 98.9 Å². The third kappa shape index (κ3) is 4.08. The van der Waals surface area contributed by atoms with Crippen molar-refractivity contribution in [2.75, 3.05) is 13.1 Å². The van der Waals surface area contributed by atoms with Gasteiger partial charge in [0.15, 0.2) is 0 Å². The van der Waals surface area contributed by atoms with Gasteiger partial charge in [0.05, 0.1) is 11.7 Å². The highest BCUT2D eigenvalue weighted by molar-refractivity contribution is 6.09. The number of fused-ring (bicyclic) bond motifs is 3. The predicted octanol–water partition coefficient (Wildman–Crippen LogP) is 3.08. The van der Waals surface area contributed by atoms with Crippen LogP contribution in [0, 0.1) is 0 Å². The summed E-state index contributed by atoms with van der Waals surface area (Å²) in [5, 5.41) is 10.7. The fourth-order valence-corrected chi connectivity index (χ4v) is 3.71. The Morgan fingerprint density at radius 3 is 2.82 bits per heavy atom. The molecular formula is C21H25N5O2. The Balaban J connectivity index is 1.22. The molecule has 4 N–H and O–H groups in total. The summed E-state index contributed by atoms with van der Waals surface area (Å²) in [6.07, 6.45) is 6.90. The number of hydrogen-bond donors (Lipinski definition) is 4. The molecule has 1 aromatic carbocycles. The zero-order valence-corrected chi connectivity index (χ0v) is 15.8. The first-order valence-corrected chi connectivity index (χ1v) is 9.90. The minimum Gasteiger partial charge on any atom is -0.353 e. The van der Waals surface area contributed by atoms with Crippen molar-refractivity contribution in [3.05, 3.63) is 42.2 Å². The summed E-state index contributed by atoms with van der Waals surface area (Å²) >= 11 is 0. The Morgan fingerprint density at radius 2 is 1.96 bits per heavy atom. The first kappa shape index (κ1) is 18.3. The number of pyridine rings is 1. The number of carbonyl (C=O) groups excluding carboxylic acids is 2. The van der Waals surface area contributed by atoms with Gasteiger partial charge in [-0.2, -0.15) is 0 Å². The van der Waals surface area contributed by atoms with E-state index in [1.807, 2.05) is 30.3 Å². The molecule has 1 atom stereocenters. The lowest BCUT2D eigenvalue weighted by Crippen LogP contribution is -2.26. The van der Waals surface area contributed by atoms with Crippen LogP contribution in [0.5, 0.6) is 0 Å². The van der Waals surface area contributed by atoms with Gasteiger partial charge in [0.2, 0.25) is 0 Å². The van der Waals surface area contributed by atoms with Gasteiger partial charge in [0.25, 0.3) is 5.91 Å². The number of unbranched alkanes of at least 4 members (excludes halogenated alkanes) is 3. The molecule has 0 spiro atoms. The summed E-state index contributed by atoms with van der Waals surface area (Å²) in [6, 6.07) is 10.1.